The minimum Gasteiger partial charge on any atom is -0.389 e. The van der Waals surface area contributed by atoms with Crippen molar-refractivity contribution in [1.82, 2.24) is 0 Å². The van der Waals surface area contributed by atoms with Crippen LogP contribution in [-0.2, 0) is 4.74 Å². The van der Waals surface area contributed by atoms with Crippen molar-refractivity contribution in [3.63, 3.8) is 0 Å². The molecule has 4 heteroatoms. The van der Waals surface area contributed by atoms with E-state index in [9.17, 15) is 5.11 Å². The SMILES string of the molecule is NC1CC(O)(C2CCOC3(CCSC3)C2)C1. The highest BCUT2D eigenvalue weighted by atomic mass is 32.2. The van der Waals surface area contributed by atoms with Gasteiger partial charge in [-0.25, -0.2) is 0 Å². The van der Waals surface area contributed by atoms with E-state index in [1.165, 1.54) is 5.75 Å². The maximum Gasteiger partial charge on any atom is 0.0784 e. The molecule has 2 heterocycles. The summed E-state index contributed by atoms with van der Waals surface area (Å²) < 4.78 is 5.98. The molecule has 0 bridgehead atoms. The highest BCUT2D eigenvalue weighted by molar-refractivity contribution is 7.99. The molecule has 1 aliphatic carbocycles. The summed E-state index contributed by atoms with van der Waals surface area (Å²) in [5.41, 5.74) is 5.43. The predicted molar refractivity (Wildman–Crippen MR) is 65.5 cm³/mol. The lowest BCUT2D eigenvalue weighted by Crippen LogP contribution is -2.59. The van der Waals surface area contributed by atoms with Gasteiger partial charge in [-0.1, -0.05) is 0 Å². The molecule has 0 amide bonds. The second kappa shape index (κ2) is 3.87. The average Bonchev–Trinajstić information content (AvgIpc) is 2.64. The van der Waals surface area contributed by atoms with E-state index in [2.05, 4.69) is 0 Å². The van der Waals surface area contributed by atoms with Crippen molar-refractivity contribution in [3.8, 4) is 0 Å². The van der Waals surface area contributed by atoms with Crippen molar-refractivity contribution >= 4 is 11.8 Å². The van der Waals surface area contributed by atoms with E-state index in [0.29, 0.717) is 5.92 Å². The zero-order valence-electron chi connectivity index (χ0n) is 9.65. The Labute approximate surface area is 101 Å². The third kappa shape index (κ3) is 1.80. The minimum absolute atomic E-state index is 0.0863. The van der Waals surface area contributed by atoms with Crippen molar-refractivity contribution in [2.45, 2.75) is 49.3 Å². The number of rotatable bonds is 1. The summed E-state index contributed by atoms with van der Waals surface area (Å²) in [6, 6.07) is 0.224. The van der Waals surface area contributed by atoms with E-state index in [4.69, 9.17) is 10.5 Å². The van der Waals surface area contributed by atoms with Crippen LogP contribution in [0.4, 0.5) is 0 Å². The Morgan fingerprint density at radius 2 is 2.12 bits per heavy atom. The van der Waals surface area contributed by atoms with Gasteiger partial charge in [0.1, 0.15) is 0 Å². The summed E-state index contributed by atoms with van der Waals surface area (Å²) in [6.45, 7) is 0.822. The van der Waals surface area contributed by atoms with Gasteiger partial charge in [0.2, 0.25) is 0 Å². The van der Waals surface area contributed by atoms with Gasteiger partial charge in [-0.05, 0) is 43.8 Å². The lowest BCUT2D eigenvalue weighted by molar-refractivity contribution is -0.162. The molecular formula is C12H21NO2S. The predicted octanol–water partition coefficient (Wildman–Crippen LogP) is 1.14. The van der Waals surface area contributed by atoms with Crippen LogP contribution in [0.15, 0.2) is 0 Å². The van der Waals surface area contributed by atoms with Gasteiger partial charge in [-0.15, -0.1) is 0 Å². The summed E-state index contributed by atoms with van der Waals surface area (Å²) in [5, 5.41) is 10.5. The Balaban J connectivity index is 1.68. The number of hydrogen-bond acceptors (Lipinski definition) is 4. The molecule has 3 aliphatic rings. The van der Waals surface area contributed by atoms with Crippen molar-refractivity contribution in [1.29, 1.82) is 0 Å². The molecule has 0 radical (unpaired) electrons. The van der Waals surface area contributed by atoms with Gasteiger partial charge < -0.3 is 15.6 Å². The van der Waals surface area contributed by atoms with Crippen LogP contribution in [0.1, 0.15) is 32.1 Å². The highest BCUT2D eigenvalue weighted by Crippen LogP contribution is 2.48. The zero-order chi connectivity index (χ0) is 11.2. The monoisotopic (exact) mass is 243 g/mol. The molecule has 0 aromatic heterocycles. The summed E-state index contributed by atoms with van der Waals surface area (Å²) in [4.78, 5) is 0. The molecule has 1 saturated carbocycles. The quantitative estimate of drug-likeness (QED) is 0.725. The van der Waals surface area contributed by atoms with Gasteiger partial charge >= 0.3 is 0 Å². The van der Waals surface area contributed by atoms with Crippen molar-refractivity contribution in [2.75, 3.05) is 18.1 Å². The Hall–Kier alpha value is 0.230. The Morgan fingerprint density at radius 3 is 2.75 bits per heavy atom. The normalized spacial score (nSPS) is 52.9. The summed E-state index contributed by atoms with van der Waals surface area (Å²) in [7, 11) is 0. The van der Waals surface area contributed by atoms with Crippen LogP contribution in [0.5, 0.6) is 0 Å². The minimum atomic E-state index is -0.469. The van der Waals surface area contributed by atoms with E-state index in [-0.39, 0.29) is 11.6 Å². The number of thioether (sulfide) groups is 1. The first kappa shape index (κ1) is 11.3. The lowest BCUT2D eigenvalue weighted by Gasteiger charge is -2.51. The first-order chi connectivity index (χ1) is 7.62. The number of hydrogen-bond donors (Lipinski definition) is 2. The number of aliphatic hydroxyl groups is 1. The van der Waals surface area contributed by atoms with E-state index in [1.54, 1.807) is 0 Å². The maximum atomic E-state index is 10.5. The fourth-order valence-corrected chi connectivity index (χ4v) is 4.91. The third-order valence-corrected chi connectivity index (χ3v) is 5.77. The van der Waals surface area contributed by atoms with Gasteiger partial charge in [0.05, 0.1) is 11.2 Å². The van der Waals surface area contributed by atoms with E-state index in [0.717, 1.165) is 44.5 Å². The van der Waals surface area contributed by atoms with Gasteiger partial charge in [0.15, 0.2) is 0 Å². The standard InChI is InChI=1S/C12H21NO2S/c13-10-6-12(14,7-10)9-1-3-15-11(5-9)2-4-16-8-11/h9-10,14H,1-8,13H2. The molecule has 3 nitrogen and oxygen atoms in total. The van der Waals surface area contributed by atoms with Crippen LogP contribution in [0, 0.1) is 5.92 Å². The first-order valence-corrected chi connectivity index (χ1v) is 7.47. The Bertz CT molecular complexity index is 272. The molecule has 16 heavy (non-hydrogen) atoms. The molecule has 3 rings (SSSR count). The lowest BCUT2D eigenvalue weighted by atomic mass is 9.63. The van der Waals surface area contributed by atoms with E-state index >= 15 is 0 Å². The topological polar surface area (TPSA) is 55.5 Å². The maximum absolute atomic E-state index is 10.5. The molecular weight excluding hydrogens is 222 g/mol. The first-order valence-electron chi connectivity index (χ1n) is 6.32. The molecule has 2 aliphatic heterocycles. The van der Waals surface area contributed by atoms with Crippen LogP contribution >= 0.6 is 11.8 Å². The molecule has 0 aromatic carbocycles. The fourth-order valence-electron chi connectivity index (χ4n) is 3.53. The molecule has 3 N–H and O–H groups in total. The zero-order valence-corrected chi connectivity index (χ0v) is 10.5. The molecule has 0 aromatic rings. The molecule has 2 atom stereocenters. The fraction of sp³-hybridized carbons (Fsp3) is 1.00. The average molecular weight is 243 g/mol. The molecule has 92 valence electrons. The molecule has 2 saturated heterocycles. The van der Waals surface area contributed by atoms with Crippen LogP contribution < -0.4 is 5.73 Å². The third-order valence-electron chi connectivity index (χ3n) is 4.55. The largest absolute Gasteiger partial charge is 0.389 e. The summed E-state index contributed by atoms with van der Waals surface area (Å²) >= 11 is 1.99. The van der Waals surface area contributed by atoms with E-state index in [1.807, 2.05) is 11.8 Å². The van der Waals surface area contributed by atoms with Crippen LogP contribution in [0.2, 0.25) is 0 Å². The van der Waals surface area contributed by atoms with Crippen LogP contribution in [0.3, 0.4) is 0 Å². The van der Waals surface area contributed by atoms with Crippen molar-refractivity contribution in [2.24, 2.45) is 11.7 Å². The molecule has 1 spiro atoms. The van der Waals surface area contributed by atoms with Gasteiger partial charge in [-0.3, -0.25) is 0 Å². The van der Waals surface area contributed by atoms with Crippen LogP contribution in [0.25, 0.3) is 0 Å². The number of nitrogens with two attached hydrogens (primary N) is 1. The molecule has 2 unspecified atom stereocenters. The van der Waals surface area contributed by atoms with Gasteiger partial charge in [0, 0.05) is 18.4 Å². The van der Waals surface area contributed by atoms with Crippen molar-refractivity contribution < 1.29 is 9.84 Å². The summed E-state index contributed by atoms with van der Waals surface area (Å²) in [6.07, 6.45) is 4.80. The van der Waals surface area contributed by atoms with E-state index < -0.39 is 5.60 Å². The number of ether oxygens (including phenoxy) is 1. The molecule has 3 fully saturated rings. The Morgan fingerprint density at radius 1 is 1.31 bits per heavy atom. The van der Waals surface area contributed by atoms with Gasteiger partial charge in [0.25, 0.3) is 0 Å². The van der Waals surface area contributed by atoms with Crippen molar-refractivity contribution in [3.05, 3.63) is 0 Å². The second-order valence-corrected chi connectivity index (χ2v) is 6.90. The highest BCUT2D eigenvalue weighted by Gasteiger charge is 2.52. The smallest absolute Gasteiger partial charge is 0.0784 e. The summed E-state index contributed by atoms with van der Waals surface area (Å²) in [5.74, 6) is 2.75. The van der Waals surface area contributed by atoms with Crippen LogP contribution in [-0.4, -0.2) is 40.5 Å². The van der Waals surface area contributed by atoms with Gasteiger partial charge in [-0.2, -0.15) is 11.8 Å². The second-order valence-electron chi connectivity index (χ2n) is 5.80. The Kier molecular flexibility index (Phi) is 2.74.